The van der Waals surface area contributed by atoms with Crippen LogP contribution in [0.2, 0.25) is 10.0 Å². The van der Waals surface area contributed by atoms with Crippen LogP contribution < -0.4 is 20.7 Å². The van der Waals surface area contributed by atoms with Crippen LogP contribution in [0.1, 0.15) is 5.56 Å². The fraction of sp³-hybridized carbons (Fsp3) is 0.105. The molecule has 0 radical (unpaired) electrons. The molecule has 28 heavy (non-hydrogen) atoms. The van der Waals surface area contributed by atoms with Crippen LogP contribution in [0.5, 0.6) is 17.2 Å². The first-order valence-electron chi connectivity index (χ1n) is 8.06. The summed E-state index contributed by atoms with van der Waals surface area (Å²) in [5, 5.41) is 9.77. The number of nitriles is 1. The highest BCUT2D eigenvalue weighted by Crippen LogP contribution is 2.37. The summed E-state index contributed by atoms with van der Waals surface area (Å²) in [6, 6.07) is 12.6. The highest BCUT2D eigenvalue weighted by Gasteiger charge is 2.11. The molecule has 0 aliphatic heterocycles. The number of benzene rings is 2. The fourth-order valence-corrected chi connectivity index (χ4v) is 2.68. The van der Waals surface area contributed by atoms with Crippen LogP contribution >= 0.6 is 23.2 Å². The van der Waals surface area contributed by atoms with Crippen molar-refractivity contribution in [3.63, 3.8) is 0 Å². The normalized spacial score (nSPS) is 10.3. The van der Waals surface area contributed by atoms with E-state index in [4.69, 9.17) is 37.9 Å². The van der Waals surface area contributed by atoms with Crippen LogP contribution in [-0.4, -0.2) is 16.2 Å². The maximum atomic E-state index is 11.7. The van der Waals surface area contributed by atoms with Gasteiger partial charge in [0.25, 0.3) is 5.56 Å². The van der Waals surface area contributed by atoms with Crippen LogP contribution in [0.4, 0.5) is 0 Å². The molecular weight excluding hydrogens is 405 g/mol. The number of nitrogens with zero attached hydrogens (tertiary/aromatic N) is 2. The third-order valence-corrected chi connectivity index (χ3v) is 4.25. The van der Waals surface area contributed by atoms with Gasteiger partial charge in [-0.15, -0.1) is 0 Å². The molecule has 0 fully saturated rings. The molecule has 1 heterocycles. The average Bonchev–Trinajstić information content (AvgIpc) is 2.67. The minimum absolute atomic E-state index is 0.0235. The van der Waals surface area contributed by atoms with E-state index in [1.807, 2.05) is 6.07 Å². The molecular formula is C19H13Cl2N3O4. The molecule has 142 valence electrons. The summed E-state index contributed by atoms with van der Waals surface area (Å²) in [5.74, 6) is 0.894. The predicted molar refractivity (Wildman–Crippen MR) is 105 cm³/mol. The molecule has 9 heteroatoms. The van der Waals surface area contributed by atoms with E-state index in [1.54, 1.807) is 24.3 Å². The van der Waals surface area contributed by atoms with E-state index in [-0.39, 0.29) is 18.9 Å². The van der Waals surface area contributed by atoms with E-state index in [9.17, 15) is 9.59 Å². The molecule has 0 atom stereocenters. The van der Waals surface area contributed by atoms with Crippen molar-refractivity contribution in [1.82, 2.24) is 9.55 Å². The quantitative estimate of drug-likeness (QED) is 0.660. The largest absolute Gasteiger partial charge is 0.488 e. The van der Waals surface area contributed by atoms with Gasteiger partial charge in [0.2, 0.25) is 0 Å². The van der Waals surface area contributed by atoms with Crippen LogP contribution in [0.15, 0.2) is 58.3 Å². The van der Waals surface area contributed by atoms with Crippen molar-refractivity contribution in [3.8, 4) is 23.3 Å². The first-order chi connectivity index (χ1) is 13.5. The number of aromatic amines is 1. The summed E-state index contributed by atoms with van der Waals surface area (Å²) in [5.41, 5.74) is -0.577. The molecule has 0 aliphatic rings. The van der Waals surface area contributed by atoms with E-state index in [1.165, 1.54) is 24.4 Å². The van der Waals surface area contributed by atoms with Crippen molar-refractivity contribution < 1.29 is 9.47 Å². The van der Waals surface area contributed by atoms with Gasteiger partial charge in [-0.1, -0.05) is 23.2 Å². The van der Waals surface area contributed by atoms with Gasteiger partial charge in [-0.25, -0.2) is 4.79 Å². The highest BCUT2D eigenvalue weighted by molar-refractivity contribution is 6.32. The lowest BCUT2D eigenvalue weighted by Crippen LogP contribution is -2.35. The summed E-state index contributed by atoms with van der Waals surface area (Å²) < 4.78 is 12.5. The monoisotopic (exact) mass is 417 g/mol. The molecule has 0 unspecified atom stereocenters. The summed E-state index contributed by atoms with van der Waals surface area (Å²) >= 11 is 12.2. The third kappa shape index (κ3) is 4.55. The molecule has 0 saturated carbocycles. The second-order valence-corrected chi connectivity index (χ2v) is 6.41. The van der Waals surface area contributed by atoms with Gasteiger partial charge in [0.15, 0.2) is 11.5 Å². The zero-order chi connectivity index (χ0) is 20.1. The van der Waals surface area contributed by atoms with E-state index < -0.39 is 11.2 Å². The third-order valence-electron chi connectivity index (χ3n) is 3.70. The van der Waals surface area contributed by atoms with Crippen molar-refractivity contribution in [2.75, 3.05) is 6.61 Å². The SMILES string of the molecule is N#Cc1ccc(Cl)c(Oc2ccc(Cl)cc2OCCn2c(=O)cc[nH]c2=O)c1. The zero-order valence-electron chi connectivity index (χ0n) is 14.3. The molecule has 1 aromatic heterocycles. The van der Waals surface area contributed by atoms with Crippen molar-refractivity contribution in [3.05, 3.63) is 85.1 Å². The van der Waals surface area contributed by atoms with Crippen molar-refractivity contribution in [1.29, 1.82) is 5.26 Å². The van der Waals surface area contributed by atoms with Gasteiger partial charge < -0.3 is 14.5 Å². The molecule has 0 spiro atoms. The predicted octanol–water partition coefficient (Wildman–Crippen LogP) is 3.59. The number of nitrogens with one attached hydrogen (secondary N) is 1. The lowest BCUT2D eigenvalue weighted by molar-refractivity contribution is 0.281. The van der Waals surface area contributed by atoms with Crippen LogP contribution in [-0.2, 0) is 6.54 Å². The average molecular weight is 418 g/mol. The summed E-state index contributed by atoms with van der Waals surface area (Å²) in [7, 11) is 0. The van der Waals surface area contributed by atoms with Gasteiger partial charge in [-0.2, -0.15) is 5.26 Å². The Morgan fingerprint density at radius 3 is 2.61 bits per heavy atom. The van der Waals surface area contributed by atoms with Gasteiger partial charge in [0.05, 0.1) is 23.2 Å². The summed E-state index contributed by atoms with van der Waals surface area (Å²) in [4.78, 5) is 25.9. The van der Waals surface area contributed by atoms with Gasteiger partial charge in [0, 0.05) is 29.4 Å². The Morgan fingerprint density at radius 2 is 1.86 bits per heavy atom. The van der Waals surface area contributed by atoms with Gasteiger partial charge in [-0.05, 0) is 24.3 Å². The topological polar surface area (TPSA) is 97.1 Å². The Labute approximate surface area is 169 Å². The number of halogens is 2. The Balaban J connectivity index is 1.81. The van der Waals surface area contributed by atoms with E-state index in [2.05, 4.69) is 4.98 Å². The highest BCUT2D eigenvalue weighted by atomic mass is 35.5. The molecule has 0 aliphatic carbocycles. The lowest BCUT2D eigenvalue weighted by atomic mass is 10.2. The number of rotatable bonds is 6. The smallest absolute Gasteiger partial charge is 0.328 e. The number of hydrogen-bond donors (Lipinski definition) is 1. The number of hydrogen-bond acceptors (Lipinski definition) is 5. The van der Waals surface area contributed by atoms with Crippen molar-refractivity contribution in [2.24, 2.45) is 0 Å². The number of H-pyrrole nitrogens is 1. The van der Waals surface area contributed by atoms with E-state index in [0.717, 1.165) is 4.57 Å². The molecule has 0 bridgehead atoms. The van der Waals surface area contributed by atoms with Gasteiger partial charge in [0.1, 0.15) is 12.4 Å². The van der Waals surface area contributed by atoms with Gasteiger partial charge >= 0.3 is 5.69 Å². The number of aromatic nitrogens is 2. The fourth-order valence-electron chi connectivity index (χ4n) is 2.36. The molecule has 7 nitrogen and oxygen atoms in total. The molecule has 1 N–H and O–H groups in total. The Bertz CT molecular complexity index is 1140. The Kier molecular flexibility index (Phi) is 6.04. The first kappa shape index (κ1) is 19.5. The second-order valence-electron chi connectivity index (χ2n) is 5.57. The first-order valence-corrected chi connectivity index (χ1v) is 8.82. The second kappa shape index (κ2) is 8.65. The van der Waals surface area contributed by atoms with Crippen LogP contribution in [0.3, 0.4) is 0 Å². The van der Waals surface area contributed by atoms with Crippen LogP contribution in [0, 0.1) is 11.3 Å². The van der Waals surface area contributed by atoms with Crippen LogP contribution in [0.25, 0.3) is 0 Å². The minimum atomic E-state index is -0.529. The molecule has 3 aromatic rings. The zero-order valence-corrected chi connectivity index (χ0v) is 15.8. The van der Waals surface area contributed by atoms with E-state index >= 15 is 0 Å². The standard InChI is InChI=1S/C19H13Cl2N3O4/c20-13-2-4-15(28-16-9-12(11-22)1-3-14(16)21)17(10-13)27-8-7-24-18(25)5-6-23-19(24)26/h1-6,9-10H,7-8H2,(H,23,26). The van der Waals surface area contributed by atoms with E-state index in [0.29, 0.717) is 27.1 Å². The molecule has 3 rings (SSSR count). The molecule has 0 saturated heterocycles. The molecule has 2 aromatic carbocycles. The maximum Gasteiger partial charge on any atom is 0.328 e. The maximum absolute atomic E-state index is 11.7. The Hall–Kier alpha value is -3.21. The minimum Gasteiger partial charge on any atom is -0.488 e. The summed E-state index contributed by atoms with van der Waals surface area (Å²) in [6.45, 7) is 0.0568. The Morgan fingerprint density at radius 1 is 1.04 bits per heavy atom. The molecule has 0 amide bonds. The van der Waals surface area contributed by atoms with Gasteiger partial charge in [-0.3, -0.25) is 9.36 Å². The summed E-state index contributed by atoms with van der Waals surface area (Å²) in [6.07, 6.45) is 1.28. The number of ether oxygens (including phenoxy) is 2. The van der Waals surface area contributed by atoms with Crippen molar-refractivity contribution in [2.45, 2.75) is 6.54 Å². The lowest BCUT2D eigenvalue weighted by Gasteiger charge is -2.14. The van der Waals surface area contributed by atoms with Crippen molar-refractivity contribution >= 4 is 23.2 Å².